The number of aromatic nitrogens is 3. The second kappa shape index (κ2) is 8.96. The summed E-state index contributed by atoms with van der Waals surface area (Å²) in [7, 11) is 0. The van der Waals surface area contributed by atoms with Crippen LogP contribution in [0, 0.1) is 13.8 Å². The molecule has 1 aromatic heterocycles. The fourth-order valence-corrected chi connectivity index (χ4v) is 5.61. The van der Waals surface area contributed by atoms with Crippen molar-refractivity contribution in [2.24, 2.45) is 0 Å². The molecule has 0 atom stereocenters. The molecule has 194 valence electrons. The largest absolute Gasteiger partial charge is 0.208 e. The number of hydrogen-bond acceptors (Lipinski definition) is 3. The highest BCUT2D eigenvalue weighted by Crippen LogP contribution is 2.41. The maximum Gasteiger partial charge on any atom is 0.164 e. The maximum atomic E-state index is 5.05. The molecule has 0 amide bonds. The summed E-state index contributed by atoms with van der Waals surface area (Å²) in [5.74, 6) is 2.05. The predicted molar refractivity (Wildman–Crippen MR) is 168 cm³/mol. The van der Waals surface area contributed by atoms with E-state index in [1.807, 2.05) is 0 Å². The SMILES string of the molecule is Cc1ccc(-c2nc(-c3ccc(C)cc3)nc(-c3ccc4ccc5cc(C(C)(C)C)cc6ccc3c4c56)n2)cc1. The summed E-state index contributed by atoms with van der Waals surface area (Å²) in [6.45, 7) is 11.0. The van der Waals surface area contributed by atoms with Gasteiger partial charge in [0.2, 0.25) is 0 Å². The van der Waals surface area contributed by atoms with Crippen LogP contribution in [0.25, 0.3) is 66.5 Å². The number of benzene rings is 6. The molecule has 0 aliphatic rings. The van der Waals surface area contributed by atoms with Gasteiger partial charge in [-0.15, -0.1) is 0 Å². The quantitative estimate of drug-likeness (QED) is 0.219. The van der Waals surface area contributed by atoms with Crippen molar-refractivity contribution >= 4 is 32.3 Å². The van der Waals surface area contributed by atoms with Crippen molar-refractivity contribution in [1.29, 1.82) is 0 Å². The number of rotatable bonds is 3. The highest BCUT2D eigenvalue weighted by molar-refractivity contribution is 6.25. The van der Waals surface area contributed by atoms with E-state index >= 15 is 0 Å². The zero-order valence-electron chi connectivity index (χ0n) is 23.6. The Morgan fingerprint density at radius 1 is 0.475 bits per heavy atom. The van der Waals surface area contributed by atoms with Gasteiger partial charge in [0.05, 0.1) is 0 Å². The first-order valence-electron chi connectivity index (χ1n) is 13.9. The van der Waals surface area contributed by atoms with Gasteiger partial charge in [-0.3, -0.25) is 0 Å². The zero-order valence-corrected chi connectivity index (χ0v) is 23.6. The second-order valence-electron chi connectivity index (χ2n) is 12.0. The summed E-state index contributed by atoms with van der Waals surface area (Å²) < 4.78 is 0. The van der Waals surface area contributed by atoms with E-state index in [1.165, 1.54) is 43.6 Å². The first-order chi connectivity index (χ1) is 19.2. The Labute approximate surface area is 234 Å². The van der Waals surface area contributed by atoms with Crippen LogP contribution >= 0.6 is 0 Å². The van der Waals surface area contributed by atoms with E-state index in [0.29, 0.717) is 17.5 Å². The molecule has 0 saturated carbocycles. The zero-order chi connectivity index (χ0) is 27.6. The van der Waals surface area contributed by atoms with Gasteiger partial charge in [0.15, 0.2) is 17.5 Å². The fraction of sp³-hybridized carbons (Fsp3) is 0.162. The lowest BCUT2D eigenvalue weighted by Gasteiger charge is -2.22. The van der Waals surface area contributed by atoms with E-state index in [0.717, 1.165) is 22.1 Å². The topological polar surface area (TPSA) is 38.7 Å². The Morgan fingerprint density at radius 3 is 1.50 bits per heavy atom. The molecule has 0 N–H and O–H groups in total. The number of aryl methyl sites for hydroxylation is 2. The van der Waals surface area contributed by atoms with Crippen LogP contribution in [0.5, 0.6) is 0 Å². The third kappa shape index (κ3) is 4.10. The summed E-state index contributed by atoms with van der Waals surface area (Å²) in [6.07, 6.45) is 0. The summed E-state index contributed by atoms with van der Waals surface area (Å²) in [6, 6.07) is 34.8. The van der Waals surface area contributed by atoms with Crippen LogP contribution in [0.2, 0.25) is 0 Å². The van der Waals surface area contributed by atoms with Crippen LogP contribution in [0.4, 0.5) is 0 Å². The molecular weight excluding hydrogens is 486 g/mol. The first kappa shape index (κ1) is 24.4. The summed E-state index contributed by atoms with van der Waals surface area (Å²) in [5, 5.41) is 7.50. The molecular formula is C37H31N3. The Morgan fingerprint density at radius 2 is 0.950 bits per heavy atom. The summed E-state index contributed by atoms with van der Waals surface area (Å²) in [4.78, 5) is 15.0. The molecule has 0 aliphatic heterocycles. The van der Waals surface area contributed by atoms with E-state index in [4.69, 9.17) is 15.0 Å². The maximum absolute atomic E-state index is 5.05. The van der Waals surface area contributed by atoms with Gasteiger partial charge in [0.25, 0.3) is 0 Å². The van der Waals surface area contributed by atoms with E-state index in [2.05, 4.69) is 132 Å². The van der Waals surface area contributed by atoms with Gasteiger partial charge >= 0.3 is 0 Å². The molecule has 1 heterocycles. The first-order valence-corrected chi connectivity index (χ1v) is 13.9. The predicted octanol–water partition coefficient (Wildman–Crippen LogP) is 9.68. The van der Waals surface area contributed by atoms with Crippen LogP contribution in [-0.4, -0.2) is 15.0 Å². The lowest BCUT2D eigenvalue weighted by atomic mass is 9.83. The average Bonchev–Trinajstić information content (AvgIpc) is 2.95. The molecule has 0 spiro atoms. The van der Waals surface area contributed by atoms with Crippen LogP contribution in [0.1, 0.15) is 37.5 Å². The van der Waals surface area contributed by atoms with Crippen molar-refractivity contribution in [2.75, 3.05) is 0 Å². The Kier molecular flexibility index (Phi) is 5.47. The van der Waals surface area contributed by atoms with E-state index in [1.54, 1.807) is 0 Å². The summed E-state index contributed by atoms with van der Waals surface area (Å²) in [5.41, 5.74) is 6.83. The van der Waals surface area contributed by atoms with Gasteiger partial charge in [-0.1, -0.05) is 123 Å². The van der Waals surface area contributed by atoms with Gasteiger partial charge < -0.3 is 0 Å². The highest BCUT2D eigenvalue weighted by Gasteiger charge is 2.19. The normalized spacial score (nSPS) is 12.1. The average molecular weight is 518 g/mol. The fourth-order valence-electron chi connectivity index (χ4n) is 5.61. The molecule has 0 bridgehead atoms. The number of nitrogens with zero attached hydrogens (tertiary/aromatic N) is 3. The van der Waals surface area contributed by atoms with Crippen molar-refractivity contribution in [3.63, 3.8) is 0 Å². The molecule has 7 aromatic rings. The minimum absolute atomic E-state index is 0.0826. The third-order valence-electron chi connectivity index (χ3n) is 7.96. The highest BCUT2D eigenvalue weighted by atomic mass is 15.0. The lowest BCUT2D eigenvalue weighted by Crippen LogP contribution is -2.10. The molecule has 6 aromatic carbocycles. The van der Waals surface area contributed by atoms with Gasteiger partial charge in [0, 0.05) is 16.7 Å². The molecule has 0 aliphatic carbocycles. The molecule has 3 heteroatoms. The molecule has 0 saturated heterocycles. The van der Waals surface area contributed by atoms with Gasteiger partial charge in [-0.25, -0.2) is 15.0 Å². The number of hydrogen-bond donors (Lipinski definition) is 0. The second-order valence-corrected chi connectivity index (χ2v) is 12.0. The van der Waals surface area contributed by atoms with Crippen molar-refractivity contribution in [3.8, 4) is 34.2 Å². The molecule has 3 nitrogen and oxygen atoms in total. The van der Waals surface area contributed by atoms with Crippen molar-refractivity contribution in [3.05, 3.63) is 114 Å². The molecule has 0 fully saturated rings. The van der Waals surface area contributed by atoms with Gasteiger partial charge in [0.1, 0.15) is 0 Å². The van der Waals surface area contributed by atoms with Crippen molar-refractivity contribution in [2.45, 2.75) is 40.0 Å². The third-order valence-corrected chi connectivity index (χ3v) is 7.96. The van der Waals surface area contributed by atoms with Crippen molar-refractivity contribution < 1.29 is 0 Å². The van der Waals surface area contributed by atoms with Gasteiger partial charge in [-0.05, 0) is 63.2 Å². The Hall–Kier alpha value is -4.63. The standard InChI is InChI=1S/C37H31N3/c1-22-6-10-25(11-7-22)34-38-35(26-12-8-23(2)9-13-26)40-36(39-34)31-19-16-24-14-15-27-20-29(37(3,4)5)21-28-17-18-30(31)33(24)32(27)28/h6-21H,1-5H3. The molecule has 40 heavy (non-hydrogen) atoms. The van der Waals surface area contributed by atoms with Crippen LogP contribution in [0.15, 0.2) is 97.1 Å². The lowest BCUT2D eigenvalue weighted by molar-refractivity contribution is 0.591. The minimum atomic E-state index is 0.0826. The van der Waals surface area contributed by atoms with Crippen LogP contribution in [0.3, 0.4) is 0 Å². The molecule has 7 rings (SSSR count). The molecule has 0 radical (unpaired) electrons. The minimum Gasteiger partial charge on any atom is -0.208 e. The molecule has 0 unspecified atom stereocenters. The van der Waals surface area contributed by atoms with E-state index < -0.39 is 0 Å². The van der Waals surface area contributed by atoms with E-state index in [-0.39, 0.29) is 5.41 Å². The van der Waals surface area contributed by atoms with Crippen LogP contribution in [-0.2, 0) is 5.41 Å². The monoisotopic (exact) mass is 517 g/mol. The summed E-state index contributed by atoms with van der Waals surface area (Å²) >= 11 is 0. The van der Waals surface area contributed by atoms with E-state index in [9.17, 15) is 0 Å². The Bertz CT molecular complexity index is 1950. The van der Waals surface area contributed by atoms with Crippen molar-refractivity contribution in [1.82, 2.24) is 15.0 Å². The Balaban J connectivity index is 1.50. The van der Waals surface area contributed by atoms with Gasteiger partial charge in [-0.2, -0.15) is 0 Å². The smallest absolute Gasteiger partial charge is 0.164 e. The van der Waals surface area contributed by atoms with Crippen LogP contribution < -0.4 is 0 Å².